The van der Waals surface area contributed by atoms with Crippen LogP contribution in [0.3, 0.4) is 0 Å². The third-order valence-corrected chi connectivity index (χ3v) is 5.41. The minimum absolute atomic E-state index is 0.105. The van der Waals surface area contributed by atoms with Crippen LogP contribution in [-0.4, -0.2) is 47.4 Å². The molecule has 4 rings (SSSR count). The molecule has 3 heterocycles. The number of H-pyrrole nitrogens is 1. The molecule has 0 saturated carbocycles. The van der Waals surface area contributed by atoms with Crippen molar-refractivity contribution in [1.82, 2.24) is 15.2 Å². The number of likely N-dealkylation sites (tertiary alicyclic amines) is 1. The molecule has 8 nitrogen and oxygen atoms in total. The number of amides is 2. The van der Waals surface area contributed by atoms with E-state index < -0.39 is 17.9 Å². The van der Waals surface area contributed by atoms with Gasteiger partial charge in [-0.2, -0.15) is 0 Å². The number of carbonyl (C=O) groups is 3. The highest BCUT2D eigenvalue weighted by Crippen LogP contribution is 2.22. The second kappa shape index (κ2) is 8.44. The zero-order valence-electron chi connectivity index (χ0n) is 16.6. The van der Waals surface area contributed by atoms with E-state index in [-0.39, 0.29) is 24.8 Å². The third kappa shape index (κ3) is 4.07. The monoisotopic (exact) mass is 409 g/mol. The van der Waals surface area contributed by atoms with Gasteiger partial charge in [0.05, 0.1) is 25.8 Å². The molecule has 3 aromatic rings. The van der Waals surface area contributed by atoms with Crippen LogP contribution in [0.15, 0.2) is 53.3 Å². The molecular weight excluding hydrogens is 386 g/mol. The van der Waals surface area contributed by atoms with E-state index >= 15 is 0 Å². The number of aromatic nitrogens is 1. The maximum atomic E-state index is 12.8. The van der Waals surface area contributed by atoms with Gasteiger partial charge in [0.15, 0.2) is 0 Å². The SMILES string of the molecule is COC(=O)C(Cc1c[nH]c2ccccc12)NC(=O)C1CC(=O)N(Cc2ccco2)C1. The molecule has 2 atom stereocenters. The Bertz CT molecular complexity index is 1060. The molecule has 156 valence electrons. The number of esters is 1. The predicted molar refractivity (Wildman–Crippen MR) is 108 cm³/mol. The van der Waals surface area contributed by atoms with Gasteiger partial charge in [-0.3, -0.25) is 9.59 Å². The maximum Gasteiger partial charge on any atom is 0.328 e. The molecule has 0 spiro atoms. The number of hydrogen-bond donors (Lipinski definition) is 2. The number of hydrogen-bond acceptors (Lipinski definition) is 5. The third-order valence-electron chi connectivity index (χ3n) is 5.41. The fourth-order valence-electron chi connectivity index (χ4n) is 3.84. The second-order valence-corrected chi connectivity index (χ2v) is 7.40. The van der Waals surface area contributed by atoms with E-state index in [0.29, 0.717) is 18.7 Å². The Hall–Kier alpha value is -3.55. The van der Waals surface area contributed by atoms with Gasteiger partial charge in [-0.15, -0.1) is 0 Å². The van der Waals surface area contributed by atoms with Crippen molar-refractivity contribution < 1.29 is 23.5 Å². The first-order valence-electron chi connectivity index (χ1n) is 9.78. The van der Waals surface area contributed by atoms with Gasteiger partial charge in [-0.1, -0.05) is 18.2 Å². The predicted octanol–water partition coefficient (Wildman–Crippen LogP) is 2.01. The number of nitrogens with one attached hydrogen (secondary N) is 2. The normalized spacial score (nSPS) is 17.3. The topological polar surface area (TPSA) is 105 Å². The number of fused-ring (bicyclic) bond motifs is 1. The Morgan fingerprint density at radius 3 is 2.90 bits per heavy atom. The van der Waals surface area contributed by atoms with Crippen molar-refractivity contribution in [3.05, 3.63) is 60.2 Å². The molecule has 2 N–H and O–H groups in total. The maximum absolute atomic E-state index is 12.8. The van der Waals surface area contributed by atoms with E-state index in [9.17, 15) is 14.4 Å². The first kappa shape index (κ1) is 19.8. The summed E-state index contributed by atoms with van der Waals surface area (Å²) in [6.45, 7) is 0.609. The highest BCUT2D eigenvalue weighted by atomic mass is 16.5. The summed E-state index contributed by atoms with van der Waals surface area (Å²) in [5, 5.41) is 3.77. The lowest BCUT2D eigenvalue weighted by atomic mass is 10.0. The molecule has 1 aromatic carbocycles. The summed E-state index contributed by atoms with van der Waals surface area (Å²) >= 11 is 0. The Labute approximate surface area is 173 Å². The van der Waals surface area contributed by atoms with Crippen LogP contribution in [-0.2, 0) is 32.1 Å². The molecule has 1 saturated heterocycles. The average Bonchev–Trinajstić information content (AvgIpc) is 3.49. The molecule has 30 heavy (non-hydrogen) atoms. The standard InChI is InChI=1S/C22H23N3O5/c1-29-22(28)19(9-14-11-23-18-7-3-2-6-17(14)18)24-21(27)15-10-20(26)25(12-15)13-16-5-4-8-30-16/h2-8,11,15,19,23H,9-10,12-13H2,1H3,(H,24,27). The fraction of sp³-hybridized carbons (Fsp3) is 0.318. The van der Waals surface area contributed by atoms with Gasteiger partial charge in [0.25, 0.3) is 0 Å². The molecule has 2 amide bonds. The number of carbonyl (C=O) groups excluding carboxylic acids is 3. The van der Waals surface area contributed by atoms with Crippen LogP contribution < -0.4 is 5.32 Å². The number of para-hydroxylation sites is 1. The number of methoxy groups -OCH3 is 1. The molecular formula is C22H23N3O5. The first-order valence-corrected chi connectivity index (χ1v) is 9.78. The zero-order chi connectivity index (χ0) is 21.1. The summed E-state index contributed by atoms with van der Waals surface area (Å²) in [7, 11) is 1.29. The van der Waals surface area contributed by atoms with Crippen molar-refractivity contribution in [2.45, 2.75) is 25.4 Å². The summed E-state index contributed by atoms with van der Waals surface area (Å²) in [5.41, 5.74) is 1.86. The number of rotatable bonds is 7. The minimum Gasteiger partial charge on any atom is -0.467 e. The highest BCUT2D eigenvalue weighted by Gasteiger charge is 2.36. The fourth-order valence-corrected chi connectivity index (χ4v) is 3.84. The van der Waals surface area contributed by atoms with Crippen LogP contribution in [0.2, 0.25) is 0 Å². The summed E-state index contributed by atoms with van der Waals surface area (Å²) in [4.78, 5) is 42.2. The summed E-state index contributed by atoms with van der Waals surface area (Å²) in [6, 6.07) is 10.5. The lowest BCUT2D eigenvalue weighted by Crippen LogP contribution is -2.46. The van der Waals surface area contributed by atoms with Gasteiger partial charge >= 0.3 is 5.97 Å². The van der Waals surface area contributed by atoms with Gasteiger partial charge in [-0.25, -0.2) is 4.79 Å². The van der Waals surface area contributed by atoms with Crippen molar-refractivity contribution in [1.29, 1.82) is 0 Å². The van der Waals surface area contributed by atoms with Crippen molar-refractivity contribution in [2.75, 3.05) is 13.7 Å². The largest absolute Gasteiger partial charge is 0.467 e. The lowest BCUT2D eigenvalue weighted by molar-refractivity contribution is -0.145. The summed E-state index contributed by atoms with van der Waals surface area (Å²) in [5.74, 6) is -0.831. The number of ether oxygens (including phenoxy) is 1. The van der Waals surface area contributed by atoms with Crippen molar-refractivity contribution in [2.24, 2.45) is 5.92 Å². The van der Waals surface area contributed by atoms with Crippen LogP contribution in [0.4, 0.5) is 0 Å². The smallest absolute Gasteiger partial charge is 0.328 e. The minimum atomic E-state index is -0.837. The van der Waals surface area contributed by atoms with Crippen molar-refractivity contribution in [3.8, 4) is 0 Å². The van der Waals surface area contributed by atoms with Crippen molar-refractivity contribution in [3.63, 3.8) is 0 Å². The zero-order valence-corrected chi connectivity index (χ0v) is 16.6. The quantitative estimate of drug-likeness (QED) is 0.581. The van der Waals surface area contributed by atoms with E-state index in [1.165, 1.54) is 7.11 Å². The van der Waals surface area contributed by atoms with E-state index in [1.54, 1.807) is 23.3 Å². The molecule has 2 unspecified atom stereocenters. The molecule has 2 aromatic heterocycles. The Morgan fingerprint density at radius 2 is 2.13 bits per heavy atom. The molecule has 0 aliphatic carbocycles. The molecule has 8 heteroatoms. The molecule has 0 bridgehead atoms. The molecule has 1 aliphatic heterocycles. The van der Waals surface area contributed by atoms with Crippen molar-refractivity contribution >= 4 is 28.7 Å². The average molecular weight is 409 g/mol. The van der Waals surface area contributed by atoms with E-state index in [4.69, 9.17) is 9.15 Å². The van der Waals surface area contributed by atoms with Crippen LogP contribution >= 0.6 is 0 Å². The highest BCUT2D eigenvalue weighted by molar-refractivity contribution is 5.92. The van der Waals surface area contributed by atoms with Gasteiger partial charge in [0, 0.05) is 36.5 Å². The van der Waals surface area contributed by atoms with Crippen LogP contribution in [0.1, 0.15) is 17.7 Å². The number of aromatic amines is 1. The van der Waals surface area contributed by atoms with E-state index in [1.807, 2.05) is 30.5 Å². The molecule has 1 fully saturated rings. The number of benzene rings is 1. The van der Waals surface area contributed by atoms with Crippen LogP contribution in [0, 0.1) is 5.92 Å². The van der Waals surface area contributed by atoms with Crippen LogP contribution in [0.25, 0.3) is 10.9 Å². The van der Waals surface area contributed by atoms with Gasteiger partial charge < -0.3 is 24.4 Å². The Morgan fingerprint density at radius 1 is 1.30 bits per heavy atom. The Kier molecular flexibility index (Phi) is 5.56. The van der Waals surface area contributed by atoms with Gasteiger partial charge in [-0.05, 0) is 23.8 Å². The first-order chi connectivity index (χ1) is 14.5. The number of nitrogens with zero attached hydrogens (tertiary/aromatic N) is 1. The van der Waals surface area contributed by atoms with E-state index in [0.717, 1.165) is 16.5 Å². The van der Waals surface area contributed by atoms with Gasteiger partial charge in [0.2, 0.25) is 11.8 Å². The lowest BCUT2D eigenvalue weighted by Gasteiger charge is -2.19. The molecule has 0 radical (unpaired) electrons. The van der Waals surface area contributed by atoms with Crippen LogP contribution in [0.5, 0.6) is 0 Å². The second-order valence-electron chi connectivity index (χ2n) is 7.40. The molecule has 1 aliphatic rings. The summed E-state index contributed by atoms with van der Waals surface area (Å²) in [6.07, 6.45) is 3.77. The Balaban J connectivity index is 1.43. The number of furan rings is 1. The summed E-state index contributed by atoms with van der Waals surface area (Å²) < 4.78 is 10.2. The van der Waals surface area contributed by atoms with Gasteiger partial charge in [0.1, 0.15) is 11.8 Å². The van der Waals surface area contributed by atoms with E-state index in [2.05, 4.69) is 10.3 Å².